The van der Waals surface area contributed by atoms with Crippen molar-refractivity contribution in [2.75, 3.05) is 0 Å². The van der Waals surface area contributed by atoms with Crippen LogP contribution in [-0.4, -0.2) is 4.98 Å². The van der Waals surface area contributed by atoms with E-state index in [-0.39, 0.29) is 0 Å². The number of fused-ring (bicyclic) bond motifs is 1. The Bertz CT molecular complexity index is 701. The van der Waals surface area contributed by atoms with Crippen LogP contribution in [0.4, 0.5) is 0 Å². The lowest BCUT2D eigenvalue weighted by Crippen LogP contribution is -2.01. The average molecular weight is 244 g/mol. The Morgan fingerprint density at radius 1 is 0.842 bits per heavy atom. The van der Waals surface area contributed by atoms with Gasteiger partial charge in [0, 0.05) is 5.39 Å². The Kier molecular flexibility index (Phi) is 3.11. The van der Waals surface area contributed by atoms with Crippen LogP contribution in [0.25, 0.3) is 10.9 Å². The van der Waals surface area contributed by atoms with Gasteiger partial charge in [0.25, 0.3) is 0 Å². The van der Waals surface area contributed by atoms with E-state index in [2.05, 4.69) is 30.8 Å². The van der Waals surface area contributed by atoms with Crippen LogP contribution >= 0.6 is 0 Å². The normalized spacial score (nSPS) is 10.8. The van der Waals surface area contributed by atoms with E-state index in [0.717, 1.165) is 28.1 Å². The molecule has 1 aromatic heterocycles. The topological polar surface area (TPSA) is 12.9 Å². The number of hydrogen-bond acceptors (Lipinski definition) is 1. The molecule has 0 spiro atoms. The van der Waals surface area contributed by atoms with Crippen molar-refractivity contribution < 1.29 is 0 Å². The molecule has 0 atom stereocenters. The highest BCUT2D eigenvalue weighted by Crippen LogP contribution is 2.24. The summed E-state index contributed by atoms with van der Waals surface area (Å²) in [4.78, 5) is 4.71. The van der Waals surface area contributed by atoms with Crippen molar-refractivity contribution in [2.45, 2.75) is 0 Å². The second-order valence-electron chi connectivity index (χ2n) is 4.37. The van der Waals surface area contributed by atoms with E-state index in [1.807, 2.05) is 48.5 Å². The smallest absolute Gasteiger partial charge is 0.0739 e. The van der Waals surface area contributed by atoms with Crippen LogP contribution in [0.5, 0.6) is 0 Å². The summed E-state index contributed by atoms with van der Waals surface area (Å²) in [5.41, 5.74) is 3.11. The van der Waals surface area contributed by atoms with Crippen LogP contribution in [-0.2, 0) is 0 Å². The van der Waals surface area contributed by atoms with Gasteiger partial charge in [0.2, 0.25) is 0 Å². The first-order valence-electron chi connectivity index (χ1n) is 6.29. The lowest BCUT2D eigenvalue weighted by Gasteiger charge is -2.12. The summed E-state index contributed by atoms with van der Waals surface area (Å²) in [6.07, 6.45) is 1.87. The Morgan fingerprint density at radius 3 is 2.37 bits per heavy atom. The summed E-state index contributed by atoms with van der Waals surface area (Å²) in [5, 5.41) is 1.16. The number of aromatic nitrogens is 1. The molecular weight excluding hydrogens is 230 g/mol. The molecule has 1 nitrogen and oxygen atoms in total. The van der Waals surface area contributed by atoms with Crippen molar-refractivity contribution in [3.63, 3.8) is 0 Å². The minimum absolute atomic E-state index is 0.958. The van der Waals surface area contributed by atoms with Gasteiger partial charge < -0.3 is 0 Å². The lowest BCUT2D eigenvalue weighted by molar-refractivity contribution is 1.18. The highest BCUT2D eigenvalue weighted by Gasteiger charge is 2.12. The maximum Gasteiger partial charge on any atom is 0.0739 e. The largest absolute Gasteiger partial charge is 0.251 e. The van der Waals surface area contributed by atoms with Crippen LogP contribution in [0.15, 0.2) is 79.4 Å². The fraction of sp³-hybridized carbons (Fsp3) is 0. The van der Waals surface area contributed by atoms with E-state index in [4.69, 9.17) is 4.98 Å². The number of rotatable bonds is 3. The maximum absolute atomic E-state index is 4.71. The first-order valence-corrected chi connectivity index (χ1v) is 6.29. The van der Waals surface area contributed by atoms with Crippen LogP contribution in [0, 0.1) is 5.92 Å². The van der Waals surface area contributed by atoms with Crippen molar-refractivity contribution in [3.05, 3.63) is 96.6 Å². The minimum Gasteiger partial charge on any atom is -0.251 e. The van der Waals surface area contributed by atoms with Gasteiger partial charge in [0.1, 0.15) is 0 Å². The van der Waals surface area contributed by atoms with Gasteiger partial charge in [-0.2, -0.15) is 0 Å². The van der Waals surface area contributed by atoms with Gasteiger partial charge >= 0.3 is 0 Å². The molecule has 91 valence electrons. The number of hydrogen-bond donors (Lipinski definition) is 0. The van der Waals surface area contributed by atoms with E-state index in [1.54, 1.807) is 0 Å². The van der Waals surface area contributed by atoms with Crippen LogP contribution in [0.2, 0.25) is 0 Å². The van der Waals surface area contributed by atoms with Gasteiger partial charge in [-0.05, 0) is 17.7 Å². The lowest BCUT2D eigenvalue weighted by atomic mass is 9.95. The first kappa shape index (κ1) is 11.7. The van der Waals surface area contributed by atoms with E-state index < -0.39 is 0 Å². The van der Waals surface area contributed by atoms with Gasteiger partial charge in [-0.1, -0.05) is 60.7 Å². The van der Waals surface area contributed by atoms with E-state index in [0.29, 0.717) is 0 Å². The Morgan fingerprint density at radius 2 is 1.58 bits per heavy atom. The van der Waals surface area contributed by atoms with Crippen molar-refractivity contribution in [1.82, 2.24) is 4.98 Å². The summed E-state index contributed by atoms with van der Waals surface area (Å²) < 4.78 is 0. The van der Waals surface area contributed by atoms with E-state index in [9.17, 15) is 0 Å². The molecule has 0 aliphatic rings. The molecule has 2 aromatic carbocycles. The van der Waals surface area contributed by atoms with Crippen LogP contribution in [0.1, 0.15) is 11.3 Å². The number of benzene rings is 2. The summed E-state index contributed by atoms with van der Waals surface area (Å²) >= 11 is 0. The summed E-state index contributed by atoms with van der Waals surface area (Å²) in [6, 6.07) is 22.5. The third kappa shape index (κ3) is 2.27. The molecule has 0 saturated heterocycles. The van der Waals surface area contributed by atoms with Gasteiger partial charge in [0.15, 0.2) is 0 Å². The Hall–Kier alpha value is -2.41. The zero-order valence-electron chi connectivity index (χ0n) is 10.6. The molecule has 0 aliphatic carbocycles. The fourth-order valence-electron chi connectivity index (χ4n) is 2.20. The predicted octanol–water partition coefficient (Wildman–Crippen LogP) is 4.39. The zero-order chi connectivity index (χ0) is 13.1. The molecule has 0 fully saturated rings. The highest BCUT2D eigenvalue weighted by atomic mass is 14.7. The second kappa shape index (κ2) is 5.07. The predicted molar refractivity (Wildman–Crippen MR) is 79.8 cm³/mol. The van der Waals surface area contributed by atoms with Crippen molar-refractivity contribution in [3.8, 4) is 0 Å². The standard InChI is InChI=1S/C18H14N/c1-2-16(14-8-4-3-5-9-14)18-13-12-15-10-6-7-11-17(15)19-18/h2-13H,1H2. The van der Waals surface area contributed by atoms with Gasteiger partial charge in [-0.15, -0.1) is 6.58 Å². The number of nitrogens with zero attached hydrogens (tertiary/aromatic N) is 1. The van der Waals surface area contributed by atoms with E-state index >= 15 is 0 Å². The molecule has 0 N–H and O–H groups in total. The minimum atomic E-state index is 0.958. The molecule has 0 bridgehead atoms. The fourth-order valence-corrected chi connectivity index (χ4v) is 2.20. The number of para-hydroxylation sites is 1. The molecule has 19 heavy (non-hydrogen) atoms. The summed E-state index contributed by atoms with van der Waals surface area (Å²) in [5.74, 6) is 1.06. The molecule has 1 radical (unpaired) electrons. The number of pyridine rings is 1. The molecule has 0 saturated carbocycles. The first-order chi connectivity index (χ1) is 9.38. The molecule has 0 amide bonds. The molecule has 3 rings (SSSR count). The van der Waals surface area contributed by atoms with Gasteiger partial charge in [-0.3, -0.25) is 4.98 Å². The molecular formula is C18H14N. The zero-order valence-corrected chi connectivity index (χ0v) is 10.6. The molecule has 3 aromatic rings. The Labute approximate surface area is 113 Å². The quantitative estimate of drug-likeness (QED) is 0.665. The molecule has 0 unspecified atom stereocenters. The van der Waals surface area contributed by atoms with Crippen LogP contribution in [0.3, 0.4) is 0 Å². The van der Waals surface area contributed by atoms with Crippen molar-refractivity contribution in [2.24, 2.45) is 0 Å². The summed E-state index contributed by atoms with van der Waals surface area (Å²) in [7, 11) is 0. The average Bonchev–Trinajstić information content (AvgIpc) is 2.49. The third-order valence-electron chi connectivity index (χ3n) is 3.16. The van der Waals surface area contributed by atoms with Gasteiger partial charge in [-0.25, -0.2) is 0 Å². The molecule has 1 heteroatoms. The second-order valence-corrected chi connectivity index (χ2v) is 4.37. The Balaban J connectivity index is 2.09. The monoisotopic (exact) mass is 244 g/mol. The van der Waals surface area contributed by atoms with Crippen molar-refractivity contribution in [1.29, 1.82) is 0 Å². The molecule has 0 aliphatic heterocycles. The highest BCUT2D eigenvalue weighted by molar-refractivity contribution is 5.79. The SMILES string of the molecule is C=C[C](c1ccccc1)c1ccc2ccccc2n1. The third-order valence-corrected chi connectivity index (χ3v) is 3.16. The van der Waals surface area contributed by atoms with E-state index in [1.165, 1.54) is 0 Å². The van der Waals surface area contributed by atoms with Crippen molar-refractivity contribution >= 4 is 10.9 Å². The van der Waals surface area contributed by atoms with Crippen LogP contribution < -0.4 is 0 Å². The molecule has 1 heterocycles. The maximum atomic E-state index is 4.71. The number of allylic oxidation sites excluding steroid dienone is 1. The summed E-state index contributed by atoms with van der Waals surface area (Å²) in [6.45, 7) is 3.92. The van der Waals surface area contributed by atoms with Gasteiger partial charge in [0.05, 0.1) is 17.1 Å².